The van der Waals surface area contributed by atoms with E-state index in [0.717, 1.165) is 31.9 Å². The molecule has 1 atom stereocenters. The highest BCUT2D eigenvalue weighted by Gasteiger charge is 2.51. The first-order chi connectivity index (χ1) is 9.88. The summed E-state index contributed by atoms with van der Waals surface area (Å²) in [5.41, 5.74) is 1.21. The van der Waals surface area contributed by atoms with Crippen molar-refractivity contribution >= 4 is 0 Å². The lowest BCUT2D eigenvalue weighted by atomic mass is 9.96. The molecular weight excluding hydrogens is 254 g/mol. The Morgan fingerprint density at radius 3 is 2.75 bits per heavy atom. The topological polar surface area (TPSA) is 60.2 Å². The number of aromatic nitrogens is 2. The van der Waals surface area contributed by atoms with E-state index in [4.69, 9.17) is 9.26 Å². The normalized spacial score (nSPS) is 24.5. The van der Waals surface area contributed by atoms with Gasteiger partial charge in [0, 0.05) is 6.54 Å². The van der Waals surface area contributed by atoms with Crippen LogP contribution in [0.1, 0.15) is 36.2 Å². The van der Waals surface area contributed by atoms with Crippen LogP contribution >= 0.6 is 0 Å². The summed E-state index contributed by atoms with van der Waals surface area (Å²) in [5, 5.41) is 7.49. The van der Waals surface area contributed by atoms with Crippen molar-refractivity contribution in [1.82, 2.24) is 15.5 Å². The largest absolute Gasteiger partial charge is 0.378 e. The summed E-state index contributed by atoms with van der Waals surface area (Å²) in [5.74, 6) is 1.45. The minimum atomic E-state index is -0.0535. The van der Waals surface area contributed by atoms with Crippen molar-refractivity contribution in [3.8, 4) is 0 Å². The fraction of sp³-hybridized carbons (Fsp3) is 0.467. The highest BCUT2D eigenvalue weighted by atomic mass is 16.5. The third-order valence-electron chi connectivity index (χ3n) is 4.16. The predicted octanol–water partition coefficient (Wildman–Crippen LogP) is 1.81. The number of nitrogens with one attached hydrogen (secondary N) is 1. The van der Waals surface area contributed by atoms with Gasteiger partial charge in [0.05, 0.1) is 24.7 Å². The summed E-state index contributed by atoms with van der Waals surface area (Å²) in [6.45, 7) is 2.19. The van der Waals surface area contributed by atoms with E-state index in [0.29, 0.717) is 12.4 Å². The molecule has 1 saturated heterocycles. The Kier molecular flexibility index (Phi) is 2.82. The minimum absolute atomic E-state index is 0.0489. The van der Waals surface area contributed by atoms with Crippen LogP contribution in [0.25, 0.3) is 0 Å². The van der Waals surface area contributed by atoms with E-state index in [1.165, 1.54) is 5.56 Å². The average Bonchev–Trinajstić information content (AvgIpc) is 3.19. The van der Waals surface area contributed by atoms with Crippen molar-refractivity contribution in [2.75, 3.05) is 19.8 Å². The zero-order chi connectivity index (χ0) is 13.4. The summed E-state index contributed by atoms with van der Waals surface area (Å²) < 4.78 is 11.0. The summed E-state index contributed by atoms with van der Waals surface area (Å²) in [4.78, 5) is 4.62. The summed E-state index contributed by atoms with van der Waals surface area (Å²) in [6, 6.07) is 10.5. The molecule has 1 saturated carbocycles. The molecule has 0 radical (unpaired) electrons. The van der Waals surface area contributed by atoms with Crippen LogP contribution in [0.3, 0.4) is 0 Å². The van der Waals surface area contributed by atoms with Crippen LogP contribution in [0.15, 0.2) is 34.9 Å². The zero-order valence-corrected chi connectivity index (χ0v) is 11.2. The lowest BCUT2D eigenvalue weighted by molar-refractivity contribution is 0.0734. The first kappa shape index (κ1) is 12.1. The molecule has 1 aromatic heterocycles. The van der Waals surface area contributed by atoms with Gasteiger partial charge in [-0.15, -0.1) is 0 Å². The van der Waals surface area contributed by atoms with Crippen LogP contribution in [0.5, 0.6) is 0 Å². The average molecular weight is 271 g/mol. The highest BCUT2D eigenvalue weighted by molar-refractivity contribution is 5.38. The van der Waals surface area contributed by atoms with E-state index in [2.05, 4.69) is 39.7 Å². The molecular formula is C15H17N3O2. The molecule has 2 aliphatic rings. The standard InChI is InChI=1S/C15H17N3O2/c1-2-4-11(5-3-1)15(6-7-15)14-17-13(18-20-14)12-10-19-9-8-16-12/h1-5,12,16H,6-10H2. The number of nitrogens with zero attached hydrogens (tertiary/aromatic N) is 2. The summed E-state index contributed by atoms with van der Waals surface area (Å²) in [6.07, 6.45) is 2.15. The number of hydrogen-bond acceptors (Lipinski definition) is 5. The number of rotatable bonds is 3. The number of morpholine rings is 1. The minimum Gasteiger partial charge on any atom is -0.378 e. The van der Waals surface area contributed by atoms with Crippen molar-refractivity contribution in [3.63, 3.8) is 0 Å². The molecule has 5 heteroatoms. The van der Waals surface area contributed by atoms with Gasteiger partial charge in [0.2, 0.25) is 5.89 Å². The van der Waals surface area contributed by atoms with E-state index >= 15 is 0 Å². The number of hydrogen-bond donors (Lipinski definition) is 1. The van der Waals surface area contributed by atoms with Gasteiger partial charge in [0.1, 0.15) is 0 Å². The van der Waals surface area contributed by atoms with Gasteiger partial charge in [-0.1, -0.05) is 35.5 Å². The Bertz CT molecular complexity index is 586. The second-order valence-corrected chi connectivity index (χ2v) is 5.49. The fourth-order valence-corrected chi connectivity index (χ4v) is 2.81. The summed E-state index contributed by atoms with van der Waals surface area (Å²) >= 11 is 0. The number of benzene rings is 1. The molecule has 1 N–H and O–H groups in total. The van der Waals surface area contributed by atoms with Crippen LogP contribution < -0.4 is 5.32 Å². The van der Waals surface area contributed by atoms with Gasteiger partial charge < -0.3 is 14.6 Å². The van der Waals surface area contributed by atoms with Gasteiger partial charge in [-0.3, -0.25) is 0 Å². The molecule has 104 valence electrons. The van der Waals surface area contributed by atoms with Crippen molar-refractivity contribution in [2.24, 2.45) is 0 Å². The maximum absolute atomic E-state index is 5.54. The first-order valence-corrected chi connectivity index (χ1v) is 7.09. The molecule has 2 heterocycles. The molecule has 0 spiro atoms. The molecule has 1 unspecified atom stereocenters. The van der Waals surface area contributed by atoms with Crippen LogP contribution in [0.2, 0.25) is 0 Å². The summed E-state index contributed by atoms with van der Waals surface area (Å²) in [7, 11) is 0. The van der Waals surface area contributed by atoms with Crippen LogP contribution in [0, 0.1) is 0 Å². The molecule has 5 nitrogen and oxygen atoms in total. The quantitative estimate of drug-likeness (QED) is 0.922. The van der Waals surface area contributed by atoms with E-state index in [9.17, 15) is 0 Å². The van der Waals surface area contributed by atoms with Crippen molar-refractivity contribution in [1.29, 1.82) is 0 Å². The van der Waals surface area contributed by atoms with Crippen LogP contribution in [0.4, 0.5) is 0 Å². The van der Waals surface area contributed by atoms with Gasteiger partial charge in [-0.2, -0.15) is 4.98 Å². The van der Waals surface area contributed by atoms with Gasteiger partial charge in [-0.25, -0.2) is 0 Å². The molecule has 2 fully saturated rings. The van der Waals surface area contributed by atoms with Crippen molar-refractivity contribution < 1.29 is 9.26 Å². The van der Waals surface area contributed by atoms with Gasteiger partial charge in [0.15, 0.2) is 5.82 Å². The SMILES string of the molecule is c1ccc(C2(c3nc(C4COCCN4)no3)CC2)cc1. The van der Waals surface area contributed by atoms with E-state index < -0.39 is 0 Å². The predicted molar refractivity (Wildman–Crippen MR) is 72.3 cm³/mol. The Hall–Kier alpha value is -1.72. The lowest BCUT2D eigenvalue weighted by Gasteiger charge is -2.20. The Labute approximate surface area is 117 Å². The van der Waals surface area contributed by atoms with Crippen LogP contribution in [-0.4, -0.2) is 29.9 Å². The second kappa shape index (κ2) is 4.68. The Morgan fingerprint density at radius 1 is 1.20 bits per heavy atom. The fourth-order valence-electron chi connectivity index (χ4n) is 2.81. The third-order valence-corrected chi connectivity index (χ3v) is 4.16. The Morgan fingerprint density at radius 2 is 2.05 bits per heavy atom. The molecule has 2 aromatic rings. The van der Waals surface area contributed by atoms with Gasteiger partial charge >= 0.3 is 0 Å². The molecule has 1 aromatic carbocycles. The molecule has 1 aliphatic carbocycles. The van der Waals surface area contributed by atoms with Crippen LogP contribution in [-0.2, 0) is 10.2 Å². The van der Waals surface area contributed by atoms with Gasteiger partial charge in [0.25, 0.3) is 0 Å². The highest BCUT2D eigenvalue weighted by Crippen LogP contribution is 2.52. The number of ether oxygens (including phenoxy) is 1. The third kappa shape index (κ3) is 1.94. The smallest absolute Gasteiger partial charge is 0.237 e. The first-order valence-electron chi connectivity index (χ1n) is 7.09. The van der Waals surface area contributed by atoms with E-state index in [1.54, 1.807) is 0 Å². The monoisotopic (exact) mass is 271 g/mol. The molecule has 4 rings (SSSR count). The van der Waals surface area contributed by atoms with Crippen molar-refractivity contribution in [2.45, 2.75) is 24.3 Å². The molecule has 1 aliphatic heterocycles. The van der Waals surface area contributed by atoms with E-state index in [1.807, 2.05) is 6.07 Å². The Balaban J connectivity index is 1.62. The second-order valence-electron chi connectivity index (χ2n) is 5.49. The maximum atomic E-state index is 5.54. The lowest BCUT2D eigenvalue weighted by Crippen LogP contribution is -2.35. The zero-order valence-electron chi connectivity index (χ0n) is 11.2. The van der Waals surface area contributed by atoms with E-state index in [-0.39, 0.29) is 11.5 Å². The molecule has 0 bridgehead atoms. The van der Waals surface area contributed by atoms with Crippen molar-refractivity contribution in [3.05, 3.63) is 47.6 Å². The van der Waals surface area contributed by atoms with Gasteiger partial charge in [-0.05, 0) is 18.4 Å². The molecule has 20 heavy (non-hydrogen) atoms. The molecule has 0 amide bonds. The maximum Gasteiger partial charge on any atom is 0.237 e.